The van der Waals surface area contributed by atoms with Crippen molar-refractivity contribution in [2.45, 2.75) is 19.6 Å². The fraction of sp³-hybridized carbons (Fsp3) is 0.294. The minimum absolute atomic E-state index is 0.616. The fourth-order valence-electron chi connectivity index (χ4n) is 2.61. The minimum atomic E-state index is 0.616. The van der Waals surface area contributed by atoms with Gasteiger partial charge in [0.1, 0.15) is 5.75 Å². The molecule has 1 aliphatic rings. The predicted molar refractivity (Wildman–Crippen MR) is 85.1 cm³/mol. The average molecular weight is 304 g/mol. The van der Waals surface area contributed by atoms with Gasteiger partial charge in [0.05, 0.1) is 13.2 Å². The van der Waals surface area contributed by atoms with E-state index in [9.17, 15) is 0 Å². The van der Waals surface area contributed by atoms with Gasteiger partial charge < -0.3 is 14.8 Å². The first-order valence-corrected chi connectivity index (χ1v) is 7.40. The number of rotatable bonds is 5. The number of methoxy groups -OCH3 is 1. The molecule has 110 valence electrons. The van der Waals surface area contributed by atoms with Crippen LogP contribution >= 0.6 is 11.6 Å². The predicted octanol–water partition coefficient (Wildman–Crippen LogP) is 4.03. The van der Waals surface area contributed by atoms with Crippen LogP contribution in [0.25, 0.3) is 0 Å². The lowest BCUT2D eigenvalue weighted by molar-refractivity contribution is 0.185. The van der Waals surface area contributed by atoms with Gasteiger partial charge in [-0.25, -0.2) is 0 Å². The van der Waals surface area contributed by atoms with Crippen LogP contribution in [0.1, 0.15) is 16.7 Å². The lowest BCUT2D eigenvalue weighted by atomic mass is 10.1. The number of ether oxygens (including phenoxy) is 2. The number of nitrogens with one attached hydrogen (secondary N) is 1. The molecule has 0 radical (unpaired) electrons. The number of halogens is 1. The molecule has 2 aromatic carbocycles. The van der Waals surface area contributed by atoms with E-state index in [0.717, 1.165) is 40.6 Å². The van der Waals surface area contributed by atoms with Crippen molar-refractivity contribution in [2.75, 3.05) is 19.0 Å². The second-order valence-corrected chi connectivity index (χ2v) is 5.58. The Balaban J connectivity index is 1.75. The van der Waals surface area contributed by atoms with Crippen LogP contribution in [-0.4, -0.2) is 13.7 Å². The zero-order valence-electron chi connectivity index (χ0n) is 12.0. The Morgan fingerprint density at radius 2 is 2.19 bits per heavy atom. The second kappa shape index (κ2) is 6.37. The molecule has 0 atom stereocenters. The van der Waals surface area contributed by atoms with Gasteiger partial charge in [0.2, 0.25) is 0 Å². The Hall–Kier alpha value is -1.71. The second-order valence-electron chi connectivity index (χ2n) is 5.14. The van der Waals surface area contributed by atoms with Gasteiger partial charge in [0.25, 0.3) is 0 Å². The van der Waals surface area contributed by atoms with Crippen molar-refractivity contribution in [1.82, 2.24) is 0 Å². The van der Waals surface area contributed by atoms with Gasteiger partial charge in [-0.1, -0.05) is 23.7 Å². The summed E-state index contributed by atoms with van der Waals surface area (Å²) in [6.45, 7) is 2.05. The first-order chi connectivity index (χ1) is 10.3. The number of hydrogen-bond donors (Lipinski definition) is 1. The van der Waals surface area contributed by atoms with E-state index in [1.165, 1.54) is 5.56 Å². The van der Waals surface area contributed by atoms with Gasteiger partial charge in [0, 0.05) is 36.3 Å². The molecule has 0 aliphatic carbocycles. The molecule has 21 heavy (non-hydrogen) atoms. The van der Waals surface area contributed by atoms with Crippen LogP contribution in [0.4, 0.5) is 5.69 Å². The topological polar surface area (TPSA) is 30.5 Å². The maximum atomic E-state index is 6.18. The largest absolute Gasteiger partial charge is 0.493 e. The van der Waals surface area contributed by atoms with E-state index in [1.54, 1.807) is 7.11 Å². The van der Waals surface area contributed by atoms with Gasteiger partial charge in [-0.15, -0.1) is 0 Å². The molecule has 0 saturated carbocycles. The molecule has 1 N–H and O–H groups in total. The molecule has 0 unspecified atom stereocenters. The number of benzene rings is 2. The van der Waals surface area contributed by atoms with Crippen LogP contribution in [0.5, 0.6) is 5.75 Å². The standard InChI is InChI=1S/C17H18ClNO2/c1-20-11-12-3-2-4-16(7-12)19-10-14-9-15(18)8-13-5-6-21-17(13)14/h2-4,7-9,19H,5-6,10-11H2,1H3. The highest BCUT2D eigenvalue weighted by Crippen LogP contribution is 2.33. The molecule has 0 bridgehead atoms. The Morgan fingerprint density at radius 3 is 3.05 bits per heavy atom. The van der Waals surface area contributed by atoms with Crippen molar-refractivity contribution in [2.24, 2.45) is 0 Å². The summed E-state index contributed by atoms with van der Waals surface area (Å²) in [5.74, 6) is 0.986. The highest BCUT2D eigenvalue weighted by Gasteiger charge is 2.17. The van der Waals surface area contributed by atoms with Crippen molar-refractivity contribution in [1.29, 1.82) is 0 Å². The number of anilines is 1. The monoisotopic (exact) mass is 303 g/mol. The molecular weight excluding hydrogens is 286 g/mol. The van der Waals surface area contributed by atoms with Crippen molar-refractivity contribution in [3.63, 3.8) is 0 Å². The van der Waals surface area contributed by atoms with E-state index in [1.807, 2.05) is 24.3 Å². The Kier molecular flexibility index (Phi) is 4.32. The summed E-state index contributed by atoms with van der Waals surface area (Å²) in [4.78, 5) is 0. The van der Waals surface area contributed by atoms with E-state index in [2.05, 4.69) is 17.4 Å². The van der Waals surface area contributed by atoms with Crippen LogP contribution in [0.15, 0.2) is 36.4 Å². The first-order valence-electron chi connectivity index (χ1n) is 7.02. The van der Waals surface area contributed by atoms with Gasteiger partial charge in [-0.05, 0) is 35.4 Å². The SMILES string of the molecule is COCc1cccc(NCc2cc(Cl)cc3c2OCC3)c1. The lowest BCUT2D eigenvalue weighted by Crippen LogP contribution is -2.02. The van der Waals surface area contributed by atoms with E-state index >= 15 is 0 Å². The van der Waals surface area contributed by atoms with Crippen LogP contribution in [-0.2, 0) is 24.3 Å². The third-order valence-corrected chi connectivity index (χ3v) is 3.76. The molecule has 4 heteroatoms. The molecule has 1 heterocycles. The van der Waals surface area contributed by atoms with Crippen LogP contribution in [0, 0.1) is 0 Å². The summed E-state index contributed by atoms with van der Waals surface area (Å²) < 4.78 is 10.9. The van der Waals surface area contributed by atoms with E-state index in [0.29, 0.717) is 13.2 Å². The summed E-state index contributed by atoms with van der Waals surface area (Å²) in [6, 6.07) is 12.2. The zero-order chi connectivity index (χ0) is 14.7. The lowest BCUT2D eigenvalue weighted by Gasteiger charge is -2.12. The van der Waals surface area contributed by atoms with Crippen molar-refractivity contribution < 1.29 is 9.47 Å². The average Bonchev–Trinajstić information content (AvgIpc) is 2.93. The maximum absolute atomic E-state index is 6.18. The van der Waals surface area contributed by atoms with Gasteiger partial charge in [-0.2, -0.15) is 0 Å². The summed E-state index contributed by atoms with van der Waals surface area (Å²) in [7, 11) is 1.70. The van der Waals surface area contributed by atoms with Gasteiger partial charge in [0.15, 0.2) is 0 Å². The van der Waals surface area contributed by atoms with Crippen LogP contribution in [0.3, 0.4) is 0 Å². The van der Waals surface area contributed by atoms with Crippen LogP contribution < -0.4 is 10.1 Å². The Bertz CT molecular complexity index is 643. The molecule has 1 aliphatic heterocycles. The summed E-state index contributed by atoms with van der Waals surface area (Å²) in [5, 5.41) is 4.19. The Morgan fingerprint density at radius 1 is 1.29 bits per heavy atom. The Labute approximate surface area is 129 Å². The smallest absolute Gasteiger partial charge is 0.127 e. The van der Waals surface area contributed by atoms with Crippen molar-refractivity contribution in [3.05, 3.63) is 58.1 Å². The van der Waals surface area contributed by atoms with E-state index < -0.39 is 0 Å². The van der Waals surface area contributed by atoms with Gasteiger partial charge in [-0.3, -0.25) is 0 Å². The molecule has 0 amide bonds. The molecule has 3 rings (SSSR count). The third-order valence-electron chi connectivity index (χ3n) is 3.55. The summed E-state index contributed by atoms with van der Waals surface area (Å²) >= 11 is 6.18. The third kappa shape index (κ3) is 3.31. The first kappa shape index (κ1) is 14.2. The van der Waals surface area contributed by atoms with Crippen molar-refractivity contribution >= 4 is 17.3 Å². The minimum Gasteiger partial charge on any atom is -0.493 e. The van der Waals surface area contributed by atoms with E-state index in [-0.39, 0.29) is 0 Å². The summed E-state index contributed by atoms with van der Waals surface area (Å²) in [6.07, 6.45) is 0.937. The molecular formula is C17H18ClNO2. The van der Waals surface area contributed by atoms with E-state index in [4.69, 9.17) is 21.1 Å². The molecule has 0 spiro atoms. The molecule has 0 saturated heterocycles. The quantitative estimate of drug-likeness (QED) is 0.904. The summed E-state index contributed by atoms with van der Waals surface area (Å²) in [5.41, 5.74) is 4.52. The maximum Gasteiger partial charge on any atom is 0.127 e. The number of fused-ring (bicyclic) bond motifs is 1. The molecule has 2 aromatic rings. The van der Waals surface area contributed by atoms with Gasteiger partial charge >= 0.3 is 0 Å². The number of hydrogen-bond acceptors (Lipinski definition) is 3. The highest BCUT2D eigenvalue weighted by atomic mass is 35.5. The molecule has 0 fully saturated rings. The zero-order valence-corrected chi connectivity index (χ0v) is 12.7. The highest BCUT2D eigenvalue weighted by molar-refractivity contribution is 6.30. The fourth-order valence-corrected chi connectivity index (χ4v) is 2.88. The molecule has 3 nitrogen and oxygen atoms in total. The normalized spacial score (nSPS) is 12.9. The van der Waals surface area contributed by atoms with Crippen LogP contribution in [0.2, 0.25) is 5.02 Å². The molecule has 0 aromatic heterocycles. The van der Waals surface area contributed by atoms with Crippen molar-refractivity contribution in [3.8, 4) is 5.75 Å².